The van der Waals surface area contributed by atoms with Crippen molar-refractivity contribution in [1.82, 2.24) is 0 Å². The second kappa shape index (κ2) is 30.8. The van der Waals surface area contributed by atoms with Crippen LogP contribution in [0.25, 0.3) is 0 Å². The van der Waals surface area contributed by atoms with Gasteiger partial charge >= 0.3 is 46.4 Å². The molecule has 0 saturated heterocycles. The normalized spacial score (nSPS) is 2.75. The Morgan fingerprint density at radius 3 is 1.50 bits per heavy atom. The van der Waals surface area contributed by atoms with Crippen LogP contribution in [0.1, 0.15) is 0 Å². The van der Waals surface area contributed by atoms with E-state index in [2.05, 4.69) is 10.1 Å². The van der Waals surface area contributed by atoms with E-state index in [4.69, 9.17) is 3.83 Å². The summed E-state index contributed by atoms with van der Waals surface area (Å²) in [5.41, 5.74) is 0. The minimum atomic E-state index is 0.958. The van der Waals surface area contributed by atoms with Gasteiger partial charge in [0.05, 0.1) is 0 Å². The molecule has 22 valence electrons. The van der Waals surface area contributed by atoms with E-state index in [1.165, 1.54) is 0 Å². The van der Waals surface area contributed by atoms with Gasteiger partial charge in [-0.05, 0) is 0 Å². The molecular formula is FeOSZn. The summed E-state index contributed by atoms with van der Waals surface area (Å²) in [6, 6.07) is 0. The molecule has 0 fully saturated rings. The molecule has 0 aliphatic heterocycles. The van der Waals surface area contributed by atoms with Crippen LogP contribution in [0.3, 0.4) is 0 Å². The van der Waals surface area contributed by atoms with E-state index < -0.39 is 0 Å². The van der Waals surface area contributed by atoms with Gasteiger partial charge in [0.25, 0.3) is 0 Å². The Hall–Kier alpha value is 1.16. The van der Waals surface area contributed by atoms with Crippen molar-refractivity contribution in [2.45, 2.75) is 0 Å². The molecule has 4 heavy (non-hydrogen) atoms. The molecule has 0 atom stereocenters. The molecule has 0 spiro atoms. The van der Waals surface area contributed by atoms with Crippen LogP contribution in [0.15, 0.2) is 0 Å². The summed E-state index contributed by atoms with van der Waals surface area (Å²) < 4.78 is 8.00. The van der Waals surface area contributed by atoms with Crippen LogP contribution in [-0.4, -0.2) is 0 Å². The first-order valence-corrected chi connectivity index (χ1v) is 5.10. The van der Waals surface area contributed by atoms with Crippen molar-refractivity contribution in [3.63, 3.8) is 0 Å². The molecule has 0 aliphatic rings. The van der Waals surface area contributed by atoms with Gasteiger partial charge in [0.2, 0.25) is 0 Å². The average Bonchev–Trinajstić information content (AvgIpc) is 1.50. The van der Waals surface area contributed by atoms with Crippen LogP contribution in [0, 0.1) is 0 Å². The van der Waals surface area contributed by atoms with Gasteiger partial charge in [-0.1, -0.05) is 0 Å². The summed E-state index contributed by atoms with van der Waals surface area (Å²) >= 11 is 2.96. The van der Waals surface area contributed by atoms with Gasteiger partial charge in [-0.3, -0.25) is 0 Å². The second-order valence-electron chi connectivity index (χ2n) is 0. The monoisotopic (exact) mass is 168 g/mol. The summed E-state index contributed by atoms with van der Waals surface area (Å²) in [6.07, 6.45) is 0. The first kappa shape index (κ1) is 8.94. The first-order chi connectivity index (χ1) is 2.00. The van der Waals surface area contributed by atoms with Crippen LogP contribution in [0.2, 0.25) is 0 Å². The van der Waals surface area contributed by atoms with Gasteiger partial charge in [0, 0.05) is 0 Å². The van der Waals surface area contributed by atoms with E-state index in [1.807, 2.05) is 15.9 Å². The van der Waals surface area contributed by atoms with Gasteiger partial charge < -0.3 is 0 Å². The van der Waals surface area contributed by atoms with Crippen LogP contribution in [0.4, 0.5) is 0 Å². The molecule has 1 nitrogen and oxygen atoms in total. The maximum atomic E-state index is 8.00. The fourth-order valence-corrected chi connectivity index (χ4v) is 0. The van der Waals surface area contributed by atoms with Crippen LogP contribution >= 0.6 is 10.1 Å². The molecule has 4 heteroatoms. The summed E-state index contributed by atoms with van der Waals surface area (Å²) in [5.74, 6) is 0. The Bertz CT molecular complexity index is 10.0. The Morgan fingerprint density at radius 1 is 1.50 bits per heavy atom. The molecule has 0 aromatic heterocycles. The summed E-state index contributed by atoms with van der Waals surface area (Å²) in [4.78, 5) is 0. The van der Waals surface area contributed by atoms with Crippen molar-refractivity contribution in [2.75, 3.05) is 0 Å². The molecular weight excluding hydrogens is 169 g/mol. The van der Waals surface area contributed by atoms with Gasteiger partial charge in [0.1, 0.15) is 0 Å². The predicted molar refractivity (Wildman–Crippen MR) is 8.28 cm³/mol. The van der Waals surface area contributed by atoms with Crippen LogP contribution < -0.4 is 0 Å². The fraction of sp³-hybridized carbons (Fsp3) is 0. The SMILES string of the molecule is [O]=[Fe].[S]=[Zn]. The van der Waals surface area contributed by atoms with Gasteiger partial charge in [0.15, 0.2) is 0 Å². The van der Waals surface area contributed by atoms with Crippen LogP contribution in [0.5, 0.6) is 0 Å². The molecule has 0 aromatic rings. The third-order valence-electron chi connectivity index (χ3n) is 0. The first-order valence-electron chi connectivity index (χ1n) is 0.433. The topological polar surface area (TPSA) is 17.1 Å². The van der Waals surface area contributed by atoms with Crippen molar-refractivity contribution < 1.29 is 36.3 Å². The van der Waals surface area contributed by atoms with E-state index in [0.717, 1.165) is 16.6 Å². The Morgan fingerprint density at radius 2 is 1.50 bits per heavy atom. The van der Waals surface area contributed by atoms with Crippen LogP contribution in [-0.2, 0) is 36.3 Å². The van der Waals surface area contributed by atoms with Crippen molar-refractivity contribution in [3.8, 4) is 0 Å². The van der Waals surface area contributed by atoms with Gasteiger partial charge in [-0.25, -0.2) is 0 Å². The van der Waals surface area contributed by atoms with E-state index in [1.54, 1.807) is 0 Å². The third kappa shape index (κ3) is 10.9. The number of rotatable bonds is 0. The quantitative estimate of drug-likeness (QED) is 0.492. The Kier molecular flexibility index (Phi) is 68.9. The van der Waals surface area contributed by atoms with Gasteiger partial charge in [-0.2, -0.15) is 0 Å². The third-order valence-corrected chi connectivity index (χ3v) is 0. The Balaban J connectivity index is 0. The van der Waals surface area contributed by atoms with Crippen molar-refractivity contribution >= 4 is 10.1 Å². The molecule has 0 heterocycles. The number of hydrogen-bond acceptors (Lipinski definition) is 2. The van der Waals surface area contributed by atoms with Crippen molar-refractivity contribution in [1.29, 1.82) is 0 Å². The van der Waals surface area contributed by atoms with Crippen molar-refractivity contribution in [3.05, 3.63) is 0 Å². The van der Waals surface area contributed by atoms with Gasteiger partial charge in [-0.15, -0.1) is 0 Å². The van der Waals surface area contributed by atoms with E-state index in [9.17, 15) is 0 Å². The summed E-state index contributed by atoms with van der Waals surface area (Å²) in [7, 11) is 4.21. The molecule has 0 unspecified atom stereocenters. The zero-order chi connectivity index (χ0) is 4.00. The molecule has 0 aliphatic carbocycles. The summed E-state index contributed by atoms with van der Waals surface area (Å²) in [6.45, 7) is 0. The molecule has 0 bridgehead atoms. The standard InChI is InChI=1S/Fe.O.S.Zn. The maximum absolute atomic E-state index is 8.00. The van der Waals surface area contributed by atoms with Crippen molar-refractivity contribution in [2.24, 2.45) is 0 Å². The molecule has 0 saturated carbocycles. The molecule has 0 amide bonds. The predicted octanol–water partition coefficient (Wildman–Crippen LogP) is 0.524. The zero-order valence-electron chi connectivity index (χ0n) is 1.88. The molecule has 0 aromatic carbocycles. The van der Waals surface area contributed by atoms with E-state index in [-0.39, 0.29) is 0 Å². The average molecular weight is 169 g/mol. The molecule has 0 radical (unpaired) electrons. The van der Waals surface area contributed by atoms with E-state index in [0.29, 0.717) is 0 Å². The Labute approximate surface area is 46.5 Å². The minimum absolute atomic E-state index is 0.958. The number of hydrogen-bond donors (Lipinski definition) is 0. The molecule has 0 N–H and O–H groups in total. The zero-order valence-corrected chi connectivity index (χ0v) is 6.76. The molecule has 0 rings (SSSR count). The fourth-order valence-electron chi connectivity index (χ4n) is 0. The second-order valence-corrected chi connectivity index (χ2v) is 0. The van der Waals surface area contributed by atoms with E-state index >= 15 is 0 Å². The summed E-state index contributed by atoms with van der Waals surface area (Å²) in [5, 5.41) is 0.